The average Bonchev–Trinajstić information content (AvgIpc) is 3.05. The van der Waals surface area contributed by atoms with Gasteiger partial charge in [-0.2, -0.15) is 10.1 Å². The van der Waals surface area contributed by atoms with Crippen molar-refractivity contribution >= 4 is 22.8 Å². The third-order valence-electron chi connectivity index (χ3n) is 3.39. The van der Waals surface area contributed by atoms with E-state index in [9.17, 15) is 0 Å². The second-order valence-corrected chi connectivity index (χ2v) is 5.01. The largest absolute Gasteiger partial charge is 0.368 e. The first-order valence-electron chi connectivity index (χ1n) is 7.28. The van der Waals surface area contributed by atoms with Gasteiger partial charge in [0.25, 0.3) is 0 Å². The van der Waals surface area contributed by atoms with E-state index in [1.54, 1.807) is 6.20 Å². The Labute approximate surface area is 127 Å². The van der Waals surface area contributed by atoms with Gasteiger partial charge in [-0.05, 0) is 18.6 Å². The summed E-state index contributed by atoms with van der Waals surface area (Å²) in [6.45, 7) is 2.15. The van der Waals surface area contributed by atoms with Crippen LogP contribution in [0.15, 0.2) is 24.7 Å². The monoisotopic (exact) mass is 298 g/mol. The van der Waals surface area contributed by atoms with Gasteiger partial charge in [0.1, 0.15) is 17.7 Å². The van der Waals surface area contributed by atoms with Crippen molar-refractivity contribution in [3.05, 3.63) is 30.5 Å². The molecule has 0 aliphatic heterocycles. The van der Waals surface area contributed by atoms with Crippen molar-refractivity contribution in [3.63, 3.8) is 0 Å². The van der Waals surface area contributed by atoms with Crippen LogP contribution in [0.25, 0.3) is 11.0 Å². The lowest BCUT2D eigenvalue weighted by atomic mass is 10.1. The van der Waals surface area contributed by atoms with Crippen molar-refractivity contribution in [1.82, 2.24) is 30.1 Å². The first kappa shape index (κ1) is 14.2. The number of pyridine rings is 1. The van der Waals surface area contributed by atoms with Crippen LogP contribution in [-0.4, -0.2) is 30.1 Å². The van der Waals surface area contributed by atoms with Crippen LogP contribution >= 0.6 is 0 Å². The summed E-state index contributed by atoms with van der Waals surface area (Å²) in [6.07, 6.45) is 6.27. The van der Waals surface area contributed by atoms with E-state index < -0.39 is 0 Å². The number of nitrogen functional groups attached to an aromatic ring is 1. The minimum Gasteiger partial charge on any atom is -0.368 e. The molecule has 4 N–H and O–H groups in total. The standard InChI is InChI=1S/C14H18N8/c1-2-3-5-10(12-17-8-18-22-12)19-13-11-9(6-4-7-16-11)20-14(15)21-13/h4,6-8,10H,2-3,5H2,1H3,(H,17,18,22)(H3,15,19,20,21). The Bertz CT molecular complexity index is 740. The molecule has 1 atom stereocenters. The lowest BCUT2D eigenvalue weighted by molar-refractivity contribution is 0.606. The third kappa shape index (κ3) is 2.95. The molecule has 3 aromatic rings. The summed E-state index contributed by atoms with van der Waals surface area (Å²) in [5.74, 6) is 1.60. The van der Waals surface area contributed by atoms with E-state index >= 15 is 0 Å². The third-order valence-corrected chi connectivity index (χ3v) is 3.39. The first-order valence-corrected chi connectivity index (χ1v) is 7.28. The van der Waals surface area contributed by atoms with Crippen LogP contribution in [0.5, 0.6) is 0 Å². The average molecular weight is 298 g/mol. The number of rotatable bonds is 6. The Morgan fingerprint density at radius 1 is 1.32 bits per heavy atom. The van der Waals surface area contributed by atoms with Gasteiger partial charge < -0.3 is 11.1 Å². The van der Waals surface area contributed by atoms with E-state index in [0.29, 0.717) is 16.9 Å². The summed E-state index contributed by atoms with van der Waals surface area (Å²) < 4.78 is 0. The summed E-state index contributed by atoms with van der Waals surface area (Å²) >= 11 is 0. The van der Waals surface area contributed by atoms with Crippen LogP contribution in [0.3, 0.4) is 0 Å². The Hall–Kier alpha value is -2.77. The maximum atomic E-state index is 5.79. The highest BCUT2D eigenvalue weighted by molar-refractivity contribution is 5.85. The predicted molar refractivity (Wildman–Crippen MR) is 84.0 cm³/mol. The molecule has 114 valence electrons. The fraction of sp³-hybridized carbons (Fsp3) is 0.357. The molecule has 22 heavy (non-hydrogen) atoms. The van der Waals surface area contributed by atoms with Crippen molar-refractivity contribution < 1.29 is 0 Å². The van der Waals surface area contributed by atoms with Crippen molar-refractivity contribution in [3.8, 4) is 0 Å². The highest BCUT2D eigenvalue weighted by Gasteiger charge is 2.17. The van der Waals surface area contributed by atoms with Gasteiger partial charge in [0.05, 0.1) is 11.6 Å². The zero-order valence-electron chi connectivity index (χ0n) is 12.3. The zero-order valence-corrected chi connectivity index (χ0v) is 12.3. The quantitative estimate of drug-likeness (QED) is 0.637. The fourth-order valence-electron chi connectivity index (χ4n) is 2.32. The summed E-state index contributed by atoms with van der Waals surface area (Å²) in [5, 5.41) is 10.2. The lowest BCUT2D eigenvalue weighted by Crippen LogP contribution is -2.15. The number of aromatic nitrogens is 6. The van der Waals surface area contributed by atoms with Crippen molar-refractivity contribution in [1.29, 1.82) is 0 Å². The van der Waals surface area contributed by atoms with Gasteiger partial charge in [-0.3, -0.25) is 10.1 Å². The number of H-pyrrole nitrogens is 1. The maximum Gasteiger partial charge on any atom is 0.222 e. The van der Waals surface area contributed by atoms with Crippen LogP contribution in [0.1, 0.15) is 38.1 Å². The number of fused-ring (bicyclic) bond motifs is 1. The van der Waals surface area contributed by atoms with E-state index in [-0.39, 0.29) is 12.0 Å². The molecule has 0 aliphatic rings. The molecule has 0 radical (unpaired) electrons. The predicted octanol–water partition coefficient (Wildman–Crippen LogP) is 2.07. The van der Waals surface area contributed by atoms with Gasteiger partial charge >= 0.3 is 0 Å². The molecule has 3 rings (SSSR count). The van der Waals surface area contributed by atoms with E-state index in [4.69, 9.17) is 5.73 Å². The first-order chi connectivity index (χ1) is 10.8. The number of nitrogens with two attached hydrogens (primary N) is 1. The molecule has 0 amide bonds. The Morgan fingerprint density at radius 2 is 2.23 bits per heavy atom. The van der Waals surface area contributed by atoms with Crippen molar-refractivity contribution in [2.24, 2.45) is 0 Å². The van der Waals surface area contributed by atoms with Gasteiger partial charge in [0.2, 0.25) is 5.95 Å². The second kappa shape index (κ2) is 6.33. The molecule has 0 aliphatic carbocycles. The number of hydrogen-bond donors (Lipinski definition) is 3. The molecule has 3 aromatic heterocycles. The smallest absolute Gasteiger partial charge is 0.222 e. The van der Waals surface area contributed by atoms with Gasteiger partial charge in [-0.15, -0.1) is 0 Å². The van der Waals surface area contributed by atoms with Crippen LogP contribution < -0.4 is 11.1 Å². The second-order valence-electron chi connectivity index (χ2n) is 5.01. The normalized spacial score (nSPS) is 12.4. The summed E-state index contributed by atoms with van der Waals surface area (Å²) in [5.41, 5.74) is 7.20. The minimum absolute atomic E-state index is 0.0260. The van der Waals surface area contributed by atoms with Crippen LogP contribution in [-0.2, 0) is 0 Å². The van der Waals surface area contributed by atoms with Crippen LogP contribution in [0, 0.1) is 0 Å². The van der Waals surface area contributed by atoms with Gasteiger partial charge in [-0.25, -0.2) is 9.97 Å². The summed E-state index contributed by atoms with van der Waals surface area (Å²) in [6, 6.07) is 3.66. The van der Waals surface area contributed by atoms with E-state index in [2.05, 4.69) is 42.4 Å². The molecule has 0 fully saturated rings. The Morgan fingerprint density at radius 3 is 3.00 bits per heavy atom. The number of hydrogen-bond acceptors (Lipinski definition) is 7. The Kier molecular flexibility index (Phi) is 4.08. The van der Waals surface area contributed by atoms with Gasteiger partial charge in [-0.1, -0.05) is 19.8 Å². The number of aromatic amines is 1. The van der Waals surface area contributed by atoms with E-state index in [0.717, 1.165) is 25.1 Å². The maximum absolute atomic E-state index is 5.79. The molecule has 8 nitrogen and oxygen atoms in total. The molecule has 0 aromatic carbocycles. The number of anilines is 2. The highest BCUT2D eigenvalue weighted by atomic mass is 15.2. The minimum atomic E-state index is -0.0260. The number of unbranched alkanes of at least 4 members (excludes halogenated alkanes) is 1. The molecule has 3 heterocycles. The van der Waals surface area contributed by atoms with Gasteiger partial charge in [0, 0.05) is 6.20 Å². The molecule has 8 heteroatoms. The topological polar surface area (TPSA) is 118 Å². The summed E-state index contributed by atoms with van der Waals surface area (Å²) in [7, 11) is 0. The SMILES string of the molecule is CCCCC(Nc1nc(N)nc2cccnc12)c1ncn[nH]1. The molecular formula is C14H18N8. The molecule has 1 unspecified atom stereocenters. The number of nitrogens with one attached hydrogen (secondary N) is 2. The molecule has 0 spiro atoms. The molecule has 0 bridgehead atoms. The zero-order chi connectivity index (χ0) is 15.4. The highest BCUT2D eigenvalue weighted by Crippen LogP contribution is 2.25. The fourth-order valence-corrected chi connectivity index (χ4v) is 2.32. The molecule has 0 saturated heterocycles. The van der Waals surface area contributed by atoms with Crippen LogP contribution in [0.4, 0.5) is 11.8 Å². The van der Waals surface area contributed by atoms with Gasteiger partial charge in [0.15, 0.2) is 5.82 Å². The number of nitrogens with zero attached hydrogens (tertiary/aromatic N) is 5. The Balaban J connectivity index is 1.95. The van der Waals surface area contributed by atoms with Crippen molar-refractivity contribution in [2.75, 3.05) is 11.1 Å². The summed E-state index contributed by atoms with van der Waals surface area (Å²) in [4.78, 5) is 17.1. The molecular weight excluding hydrogens is 280 g/mol. The van der Waals surface area contributed by atoms with Crippen molar-refractivity contribution in [2.45, 2.75) is 32.2 Å². The molecule has 0 saturated carbocycles. The van der Waals surface area contributed by atoms with Crippen LogP contribution in [0.2, 0.25) is 0 Å². The van der Waals surface area contributed by atoms with E-state index in [1.165, 1.54) is 6.33 Å². The lowest BCUT2D eigenvalue weighted by Gasteiger charge is -2.17. The van der Waals surface area contributed by atoms with E-state index in [1.807, 2.05) is 12.1 Å².